The van der Waals surface area contributed by atoms with Crippen LogP contribution in [0.1, 0.15) is 68.1 Å². The predicted molar refractivity (Wildman–Crippen MR) is 98.0 cm³/mol. The third-order valence-electron chi connectivity index (χ3n) is 4.54. The van der Waals surface area contributed by atoms with Crippen LogP contribution in [0.2, 0.25) is 0 Å². The van der Waals surface area contributed by atoms with Crippen LogP contribution in [0.3, 0.4) is 0 Å². The Morgan fingerprint density at radius 1 is 1.04 bits per heavy atom. The molecule has 0 aromatic carbocycles. The quantitative estimate of drug-likeness (QED) is 0.670. The fraction of sp³-hybridized carbons (Fsp3) is 0.632. The molecule has 6 nitrogen and oxygen atoms in total. The molecule has 0 bridgehead atoms. The second-order valence-electron chi connectivity index (χ2n) is 6.62. The van der Waals surface area contributed by atoms with E-state index in [4.69, 9.17) is 5.11 Å². The molecule has 1 saturated heterocycles. The van der Waals surface area contributed by atoms with E-state index in [1.807, 2.05) is 12.1 Å². The summed E-state index contributed by atoms with van der Waals surface area (Å²) in [5, 5.41) is 11.5. The smallest absolute Gasteiger partial charge is 0.303 e. The maximum Gasteiger partial charge on any atom is 0.303 e. The maximum atomic E-state index is 12.1. The fourth-order valence-electron chi connectivity index (χ4n) is 3.07. The molecule has 0 saturated carbocycles. The Bertz CT molecular complexity index is 537. The first-order valence-corrected chi connectivity index (χ1v) is 9.38. The van der Waals surface area contributed by atoms with Gasteiger partial charge in [-0.05, 0) is 37.8 Å². The third kappa shape index (κ3) is 7.11. The van der Waals surface area contributed by atoms with Gasteiger partial charge in [0.2, 0.25) is 0 Å². The number of aromatic nitrogens is 1. The van der Waals surface area contributed by atoms with Crippen molar-refractivity contribution in [3.63, 3.8) is 0 Å². The number of pyridine rings is 1. The molecule has 2 rings (SSSR count). The molecule has 2 N–H and O–H groups in total. The van der Waals surface area contributed by atoms with Crippen molar-refractivity contribution < 1.29 is 14.7 Å². The lowest BCUT2D eigenvalue weighted by atomic mass is 10.1. The third-order valence-corrected chi connectivity index (χ3v) is 4.54. The Hall–Kier alpha value is -2.11. The number of anilines is 1. The van der Waals surface area contributed by atoms with Gasteiger partial charge in [0.15, 0.2) is 0 Å². The summed E-state index contributed by atoms with van der Waals surface area (Å²) in [5.74, 6) is 0.113. The molecule has 1 fully saturated rings. The average molecular weight is 347 g/mol. The molecular formula is C19H29N3O3. The van der Waals surface area contributed by atoms with Crippen molar-refractivity contribution in [3.8, 4) is 0 Å². The van der Waals surface area contributed by atoms with E-state index in [9.17, 15) is 9.59 Å². The standard InChI is InChI=1S/C19H29N3O3/c23-18(24)9-5-1-2-6-12-20-19(25)16-10-11-17(21-15-16)22-13-7-3-4-8-14-22/h10-11,15H,1-9,12-14H2,(H,20,25)(H,23,24). The highest BCUT2D eigenvalue weighted by Gasteiger charge is 2.12. The largest absolute Gasteiger partial charge is 0.481 e. The van der Waals surface area contributed by atoms with E-state index in [1.165, 1.54) is 25.7 Å². The number of aliphatic carboxylic acids is 1. The van der Waals surface area contributed by atoms with Crippen LogP contribution in [0.5, 0.6) is 0 Å². The number of amides is 1. The Kier molecular flexibility index (Phi) is 8.22. The number of carbonyl (C=O) groups is 2. The van der Waals surface area contributed by atoms with Crippen LogP contribution < -0.4 is 10.2 Å². The van der Waals surface area contributed by atoms with Crippen LogP contribution in [0, 0.1) is 0 Å². The van der Waals surface area contributed by atoms with Gasteiger partial charge in [0.25, 0.3) is 5.91 Å². The second-order valence-corrected chi connectivity index (χ2v) is 6.62. The molecule has 0 radical (unpaired) electrons. The minimum atomic E-state index is -0.746. The van der Waals surface area contributed by atoms with Gasteiger partial charge in [-0.15, -0.1) is 0 Å². The van der Waals surface area contributed by atoms with Gasteiger partial charge in [-0.3, -0.25) is 9.59 Å². The van der Waals surface area contributed by atoms with Crippen LogP contribution >= 0.6 is 0 Å². The Morgan fingerprint density at radius 3 is 2.40 bits per heavy atom. The zero-order chi connectivity index (χ0) is 17.9. The highest BCUT2D eigenvalue weighted by atomic mass is 16.4. The monoisotopic (exact) mass is 347 g/mol. The molecule has 138 valence electrons. The first-order valence-electron chi connectivity index (χ1n) is 9.38. The SMILES string of the molecule is O=C(O)CCCCCCNC(=O)c1ccc(N2CCCCCC2)nc1. The van der Waals surface area contributed by atoms with E-state index in [1.54, 1.807) is 6.20 Å². The number of hydrogen-bond acceptors (Lipinski definition) is 4. The number of carbonyl (C=O) groups excluding carboxylic acids is 1. The highest BCUT2D eigenvalue weighted by Crippen LogP contribution is 2.17. The second kappa shape index (κ2) is 10.7. The minimum Gasteiger partial charge on any atom is -0.481 e. The summed E-state index contributed by atoms with van der Waals surface area (Å²) < 4.78 is 0. The van der Waals surface area contributed by atoms with E-state index in [-0.39, 0.29) is 12.3 Å². The molecule has 0 unspecified atom stereocenters. The number of hydrogen-bond donors (Lipinski definition) is 2. The molecule has 25 heavy (non-hydrogen) atoms. The summed E-state index contributed by atoms with van der Waals surface area (Å²) in [6.07, 6.45) is 10.2. The summed E-state index contributed by atoms with van der Waals surface area (Å²) >= 11 is 0. The zero-order valence-corrected chi connectivity index (χ0v) is 14.9. The van der Waals surface area contributed by atoms with Crippen molar-refractivity contribution in [2.45, 2.75) is 57.8 Å². The first-order chi connectivity index (χ1) is 12.2. The molecule has 1 amide bonds. The molecule has 1 aromatic heterocycles. The molecule has 6 heteroatoms. The molecule has 1 aromatic rings. The number of nitrogens with zero attached hydrogens (tertiary/aromatic N) is 2. The van der Waals surface area contributed by atoms with Crippen molar-refractivity contribution >= 4 is 17.7 Å². The number of rotatable bonds is 9. The Balaban J connectivity index is 1.68. The lowest BCUT2D eigenvalue weighted by molar-refractivity contribution is -0.137. The van der Waals surface area contributed by atoms with E-state index in [2.05, 4.69) is 15.2 Å². The maximum absolute atomic E-state index is 12.1. The summed E-state index contributed by atoms with van der Waals surface area (Å²) in [6, 6.07) is 3.78. The van der Waals surface area contributed by atoms with Gasteiger partial charge in [-0.25, -0.2) is 4.98 Å². The van der Waals surface area contributed by atoms with E-state index in [0.29, 0.717) is 18.5 Å². The molecular weight excluding hydrogens is 318 g/mol. The van der Waals surface area contributed by atoms with Crippen molar-refractivity contribution in [1.82, 2.24) is 10.3 Å². The molecule has 1 aliphatic rings. The zero-order valence-electron chi connectivity index (χ0n) is 14.9. The number of nitrogens with one attached hydrogen (secondary N) is 1. The summed E-state index contributed by atoms with van der Waals surface area (Å²) in [7, 11) is 0. The van der Waals surface area contributed by atoms with Gasteiger partial charge in [0.1, 0.15) is 5.82 Å². The van der Waals surface area contributed by atoms with Crippen molar-refractivity contribution in [2.24, 2.45) is 0 Å². The topological polar surface area (TPSA) is 82.5 Å². The van der Waals surface area contributed by atoms with Crippen molar-refractivity contribution in [1.29, 1.82) is 0 Å². The predicted octanol–water partition coefficient (Wildman–Crippen LogP) is 3.23. The Labute approximate surface area is 149 Å². The van der Waals surface area contributed by atoms with E-state index >= 15 is 0 Å². The van der Waals surface area contributed by atoms with Gasteiger partial charge in [0, 0.05) is 32.3 Å². The Morgan fingerprint density at radius 2 is 1.76 bits per heavy atom. The average Bonchev–Trinajstić information content (AvgIpc) is 2.90. The number of carboxylic acid groups (broad SMARTS) is 1. The van der Waals surface area contributed by atoms with Gasteiger partial charge >= 0.3 is 5.97 Å². The van der Waals surface area contributed by atoms with Crippen LogP contribution in [0.4, 0.5) is 5.82 Å². The fourth-order valence-corrected chi connectivity index (χ4v) is 3.07. The normalized spacial score (nSPS) is 14.8. The van der Waals surface area contributed by atoms with Crippen LogP contribution in [-0.2, 0) is 4.79 Å². The molecule has 0 aliphatic carbocycles. The van der Waals surface area contributed by atoms with Gasteiger partial charge < -0.3 is 15.3 Å². The van der Waals surface area contributed by atoms with Crippen LogP contribution in [0.15, 0.2) is 18.3 Å². The van der Waals surface area contributed by atoms with Gasteiger partial charge in [-0.1, -0.05) is 25.7 Å². The van der Waals surface area contributed by atoms with Crippen molar-refractivity contribution in [3.05, 3.63) is 23.9 Å². The van der Waals surface area contributed by atoms with Crippen LogP contribution in [0.25, 0.3) is 0 Å². The van der Waals surface area contributed by atoms with Gasteiger partial charge in [0.05, 0.1) is 5.56 Å². The summed E-state index contributed by atoms with van der Waals surface area (Å²) in [6.45, 7) is 2.70. The highest BCUT2D eigenvalue weighted by molar-refractivity contribution is 5.94. The van der Waals surface area contributed by atoms with Gasteiger partial charge in [-0.2, -0.15) is 0 Å². The molecule has 0 atom stereocenters. The molecule has 1 aliphatic heterocycles. The van der Waals surface area contributed by atoms with Crippen LogP contribution in [-0.4, -0.2) is 41.6 Å². The molecule has 0 spiro atoms. The van der Waals surface area contributed by atoms with Crippen molar-refractivity contribution in [2.75, 3.05) is 24.5 Å². The summed E-state index contributed by atoms with van der Waals surface area (Å²) in [5.41, 5.74) is 0.587. The minimum absolute atomic E-state index is 0.0968. The molecule has 2 heterocycles. The van der Waals surface area contributed by atoms with E-state index in [0.717, 1.165) is 38.2 Å². The van der Waals surface area contributed by atoms with E-state index < -0.39 is 5.97 Å². The first kappa shape index (κ1) is 19.2. The lowest BCUT2D eigenvalue weighted by Gasteiger charge is -2.21. The summed E-state index contributed by atoms with van der Waals surface area (Å²) in [4.78, 5) is 29.3. The lowest BCUT2D eigenvalue weighted by Crippen LogP contribution is -2.26. The number of carboxylic acids is 1. The number of unbranched alkanes of at least 4 members (excludes halogenated alkanes) is 3.